The molecule has 0 saturated carbocycles. The van der Waals surface area contributed by atoms with E-state index >= 15 is 0 Å². The molecule has 0 atom stereocenters. The molecule has 5 nitrogen and oxygen atoms in total. The van der Waals surface area contributed by atoms with Crippen LogP contribution < -0.4 is 10.1 Å². The highest BCUT2D eigenvalue weighted by molar-refractivity contribution is 6.30. The minimum Gasteiger partial charge on any atom is -0.439 e. The topological polar surface area (TPSA) is 56.3 Å². The van der Waals surface area contributed by atoms with Gasteiger partial charge in [0.05, 0.1) is 0 Å². The summed E-state index contributed by atoms with van der Waals surface area (Å²) in [4.78, 5) is 8.67. The molecule has 1 aromatic heterocycles. The summed E-state index contributed by atoms with van der Waals surface area (Å²) in [6.07, 6.45) is 0. The lowest BCUT2D eigenvalue weighted by molar-refractivity contribution is 0.177. The predicted molar refractivity (Wildman–Crippen MR) is 83.2 cm³/mol. The van der Waals surface area contributed by atoms with Crippen LogP contribution in [-0.4, -0.2) is 23.6 Å². The van der Waals surface area contributed by atoms with E-state index < -0.39 is 0 Å². The largest absolute Gasteiger partial charge is 0.439 e. The SMILES string of the molecule is CCNc1cc(Oc2cc(Cl)ccc2C)nc(COC)n1. The number of aryl methyl sites for hydroxylation is 1. The average molecular weight is 308 g/mol. The Morgan fingerprint density at radius 2 is 2.05 bits per heavy atom. The fourth-order valence-corrected chi connectivity index (χ4v) is 1.95. The Kier molecular flexibility index (Phi) is 5.36. The lowest BCUT2D eigenvalue weighted by Gasteiger charge is -2.11. The van der Waals surface area contributed by atoms with Crippen LogP contribution in [0.2, 0.25) is 5.02 Å². The molecule has 0 amide bonds. The molecule has 0 aliphatic carbocycles. The Morgan fingerprint density at radius 3 is 2.76 bits per heavy atom. The number of rotatable bonds is 6. The van der Waals surface area contributed by atoms with Crippen LogP contribution in [0, 0.1) is 6.92 Å². The summed E-state index contributed by atoms with van der Waals surface area (Å²) < 4.78 is 10.9. The van der Waals surface area contributed by atoms with Gasteiger partial charge in [0.1, 0.15) is 18.2 Å². The Hall–Kier alpha value is -1.85. The van der Waals surface area contributed by atoms with Gasteiger partial charge in [0.2, 0.25) is 5.88 Å². The van der Waals surface area contributed by atoms with Crippen LogP contribution >= 0.6 is 11.6 Å². The lowest BCUT2D eigenvalue weighted by Crippen LogP contribution is -2.05. The van der Waals surface area contributed by atoms with Crippen molar-refractivity contribution in [1.82, 2.24) is 9.97 Å². The van der Waals surface area contributed by atoms with Crippen LogP contribution in [0.1, 0.15) is 18.3 Å². The number of nitrogens with one attached hydrogen (secondary N) is 1. The fourth-order valence-electron chi connectivity index (χ4n) is 1.79. The van der Waals surface area contributed by atoms with E-state index in [1.165, 1.54) is 0 Å². The molecular formula is C15H18ClN3O2. The second-order valence-electron chi connectivity index (χ2n) is 4.48. The molecule has 112 valence electrons. The number of methoxy groups -OCH3 is 1. The first-order valence-electron chi connectivity index (χ1n) is 6.67. The minimum atomic E-state index is 0.324. The second kappa shape index (κ2) is 7.24. The summed E-state index contributed by atoms with van der Waals surface area (Å²) in [6, 6.07) is 7.25. The van der Waals surface area contributed by atoms with E-state index in [9.17, 15) is 0 Å². The van der Waals surface area contributed by atoms with Crippen molar-refractivity contribution in [2.45, 2.75) is 20.5 Å². The van der Waals surface area contributed by atoms with E-state index in [0.717, 1.165) is 12.1 Å². The Bertz CT molecular complexity index is 596. The number of aromatic nitrogens is 2. The van der Waals surface area contributed by atoms with E-state index in [-0.39, 0.29) is 0 Å². The van der Waals surface area contributed by atoms with Crippen LogP contribution in [-0.2, 0) is 11.3 Å². The Balaban J connectivity index is 2.31. The molecule has 0 saturated heterocycles. The molecule has 0 aliphatic heterocycles. The van der Waals surface area contributed by atoms with Gasteiger partial charge in [0.25, 0.3) is 0 Å². The lowest BCUT2D eigenvalue weighted by atomic mass is 10.2. The maximum Gasteiger partial charge on any atom is 0.224 e. The molecule has 1 heterocycles. The van der Waals surface area contributed by atoms with E-state index in [0.29, 0.717) is 34.9 Å². The monoisotopic (exact) mass is 307 g/mol. The van der Waals surface area contributed by atoms with Gasteiger partial charge in [-0.25, -0.2) is 4.98 Å². The molecule has 0 radical (unpaired) electrons. The molecule has 2 rings (SSSR count). The first-order chi connectivity index (χ1) is 10.1. The van der Waals surface area contributed by atoms with E-state index in [4.69, 9.17) is 21.1 Å². The molecule has 0 unspecified atom stereocenters. The van der Waals surface area contributed by atoms with Gasteiger partial charge < -0.3 is 14.8 Å². The average Bonchev–Trinajstić information content (AvgIpc) is 2.43. The van der Waals surface area contributed by atoms with Gasteiger partial charge in [-0.3, -0.25) is 0 Å². The van der Waals surface area contributed by atoms with Crippen molar-refractivity contribution < 1.29 is 9.47 Å². The first-order valence-corrected chi connectivity index (χ1v) is 7.05. The number of hydrogen-bond donors (Lipinski definition) is 1. The van der Waals surface area contributed by atoms with Crippen molar-refractivity contribution >= 4 is 17.4 Å². The van der Waals surface area contributed by atoms with Crippen LogP contribution in [0.15, 0.2) is 24.3 Å². The number of halogens is 1. The van der Waals surface area contributed by atoms with Crippen molar-refractivity contribution in [3.05, 3.63) is 40.7 Å². The van der Waals surface area contributed by atoms with Crippen LogP contribution in [0.25, 0.3) is 0 Å². The maximum atomic E-state index is 6.00. The summed E-state index contributed by atoms with van der Waals surface area (Å²) in [5, 5.41) is 3.76. The summed E-state index contributed by atoms with van der Waals surface area (Å²) in [6.45, 7) is 5.04. The first kappa shape index (κ1) is 15.5. The molecule has 0 aliphatic rings. The molecule has 0 spiro atoms. The standard InChI is InChI=1S/C15H18ClN3O2/c1-4-17-13-8-15(19-14(18-13)9-20-3)21-12-7-11(16)6-5-10(12)2/h5-8H,4,9H2,1-3H3,(H,17,18,19). The van der Waals surface area contributed by atoms with Gasteiger partial charge in [-0.2, -0.15) is 4.98 Å². The van der Waals surface area contributed by atoms with E-state index in [1.54, 1.807) is 19.2 Å². The minimum absolute atomic E-state index is 0.324. The van der Waals surface area contributed by atoms with E-state index in [2.05, 4.69) is 15.3 Å². The van der Waals surface area contributed by atoms with Gasteiger partial charge in [-0.1, -0.05) is 17.7 Å². The quantitative estimate of drug-likeness (QED) is 0.879. The van der Waals surface area contributed by atoms with Gasteiger partial charge >= 0.3 is 0 Å². The second-order valence-corrected chi connectivity index (χ2v) is 4.92. The number of anilines is 1. The smallest absolute Gasteiger partial charge is 0.224 e. The number of ether oxygens (including phenoxy) is 2. The van der Waals surface area contributed by atoms with Crippen LogP contribution in [0.5, 0.6) is 11.6 Å². The molecule has 21 heavy (non-hydrogen) atoms. The van der Waals surface area contributed by atoms with Gasteiger partial charge in [-0.05, 0) is 31.5 Å². The number of nitrogens with zero attached hydrogens (tertiary/aromatic N) is 2. The third kappa shape index (κ3) is 4.31. The zero-order valence-corrected chi connectivity index (χ0v) is 13.1. The van der Waals surface area contributed by atoms with Crippen molar-refractivity contribution in [3.63, 3.8) is 0 Å². The zero-order valence-electron chi connectivity index (χ0n) is 12.3. The summed E-state index contributed by atoms with van der Waals surface area (Å²) >= 11 is 6.00. The summed E-state index contributed by atoms with van der Waals surface area (Å²) in [5.74, 6) is 2.39. The van der Waals surface area contributed by atoms with Crippen LogP contribution in [0.3, 0.4) is 0 Å². The highest BCUT2D eigenvalue weighted by Gasteiger charge is 2.08. The molecule has 0 bridgehead atoms. The molecule has 1 N–H and O–H groups in total. The van der Waals surface area contributed by atoms with Crippen molar-refractivity contribution in [3.8, 4) is 11.6 Å². The maximum absolute atomic E-state index is 6.00. The Labute approximate surface area is 129 Å². The van der Waals surface area contributed by atoms with E-state index in [1.807, 2.05) is 26.0 Å². The Morgan fingerprint density at radius 1 is 1.24 bits per heavy atom. The summed E-state index contributed by atoms with van der Waals surface area (Å²) in [7, 11) is 1.60. The number of benzene rings is 1. The zero-order chi connectivity index (χ0) is 15.2. The molecule has 6 heteroatoms. The van der Waals surface area contributed by atoms with Crippen molar-refractivity contribution in [2.24, 2.45) is 0 Å². The fraction of sp³-hybridized carbons (Fsp3) is 0.333. The summed E-state index contributed by atoms with van der Waals surface area (Å²) in [5.41, 5.74) is 0.983. The predicted octanol–water partition coefficient (Wildman–Crippen LogP) is 3.81. The normalized spacial score (nSPS) is 10.5. The molecule has 2 aromatic rings. The third-order valence-electron chi connectivity index (χ3n) is 2.75. The van der Waals surface area contributed by atoms with Crippen LogP contribution in [0.4, 0.5) is 5.82 Å². The molecular weight excluding hydrogens is 290 g/mol. The van der Waals surface area contributed by atoms with Gasteiger partial charge in [0, 0.05) is 24.7 Å². The molecule has 0 fully saturated rings. The van der Waals surface area contributed by atoms with Crippen molar-refractivity contribution in [1.29, 1.82) is 0 Å². The highest BCUT2D eigenvalue weighted by Crippen LogP contribution is 2.28. The van der Waals surface area contributed by atoms with Crippen molar-refractivity contribution in [2.75, 3.05) is 19.0 Å². The van der Waals surface area contributed by atoms with Gasteiger partial charge in [0.15, 0.2) is 5.82 Å². The number of hydrogen-bond acceptors (Lipinski definition) is 5. The van der Waals surface area contributed by atoms with Gasteiger partial charge in [-0.15, -0.1) is 0 Å². The third-order valence-corrected chi connectivity index (χ3v) is 2.98. The highest BCUT2D eigenvalue weighted by atomic mass is 35.5. The molecule has 1 aromatic carbocycles.